The Labute approximate surface area is 103 Å². The molecule has 0 radical (unpaired) electrons. The van der Waals surface area contributed by atoms with Gasteiger partial charge in [-0.3, -0.25) is 0 Å². The van der Waals surface area contributed by atoms with Crippen LogP contribution in [-0.4, -0.2) is 19.8 Å². The lowest BCUT2D eigenvalue weighted by atomic mass is 9.88. The van der Waals surface area contributed by atoms with Crippen molar-refractivity contribution in [1.82, 2.24) is 0 Å². The average Bonchev–Trinajstić information content (AvgIpc) is 2.36. The highest BCUT2D eigenvalue weighted by Gasteiger charge is 2.19. The molecule has 0 aliphatic heterocycles. The van der Waals surface area contributed by atoms with Gasteiger partial charge < -0.3 is 15.2 Å². The fourth-order valence-corrected chi connectivity index (χ4v) is 2.34. The van der Waals surface area contributed by atoms with Crippen molar-refractivity contribution in [3.63, 3.8) is 0 Å². The van der Waals surface area contributed by atoms with E-state index < -0.39 is 0 Å². The summed E-state index contributed by atoms with van der Waals surface area (Å²) in [6.45, 7) is 3.98. The molecule has 0 aromatic heterocycles. The number of ether oxygens (including phenoxy) is 2. The molecule has 3 nitrogen and oxygen atoms in total. The van der Waals surface area contributed by atoms with Gasteiger partial charge in [-0.1, -0.05) is 12.1 Å². The van der Waals surface area contributed by atoms with Gasteiger partial charge in [0.25, 0.3) is 0 Å². The first-order chi connectivity index (χ1) is 8.33. The second kappa shape index (κ2) is 6.03. The molecule has 0 spiro atoms. The maximum atomic E-state index is 6.11. The van der Waals surface area contributed by atoms with Gasteiger partial charge in [-0.25, -0.2) is 0 Å². The van der Waals surface area contributed by atoms with Crippen molar-refractivity contribution in [2.75, 3.05) is 19.8 Å². The van der Waals surface area contributed by atoms with Gasteiger partial charge >= 0.3 is 0 Å². The number of rotatable bonds is 5. The van der Waals surface area contributed by atoms with E-state index in [4.69, 9.17) is 15.2 Å². The van der Waals surface area contributed by atoms with E-state index in [1.54, 1.807) is 0 Å². The highest BCUT2D eigenvalue weighted by Crippen LogP contribution is 2.33. The molecule has 1 aromatic rings. The normalized spacial score (nSPS) is 18.8. The van der Waals surface area contributed by atoms with E-state index in [0.717, 1.165) is 31.6 Å². The summed E-state index contributed by atoms with van der Waals surface area (Å²) in [4.78, 5) is 0. The van der Waals surface area contributed by atoms with Gasteiger partial charge in [0.15, 0.2) is 0 Å². The molecule has 3 heteroatoms. The second-order valence-electron chi connectivity index (χ2n) is 4.37. The summed E-state index contributed by atoms with van der Waals surface area (Å²) in [5, 5.41) is 0. The van der Waals surface area contributed by atoms with Gasteiger partial charge in [0.2, 0.25) is 0 Å². The van der Waals surface area contributed by atoms with Crippen LogP contribution in [-0.2, 0) is 11.2 Å². The third kappa shape index (κ3) is 2.99. The molecular formula is C14H21NO2. The number of benzene rings is 1. The van der Waals surface area contributed by atoms with E-state index >= 15 is 0 Å². The predicted octanol–water partition coefficient (Wildman–Crippen LogP) is 2.44. The Balaban J connectivity index is 2.04. The maximum Gasteiger partial charge on any atom is 0.122 e. The summed E-state index contributed by atoms with van der Waals surface area (Å²) in [5.74, 6) is 0.984. The van der Waals surface area contributed by atoms with Crippen LogP contribution in [0.2, 0.25) is 0 Å². The molecule has 0 amide bonds. The Hall–Kier alpha value is -1.06. The monoisotopic (exact) mass is 235 g/mol. The summed E-state index contributed by atoms with van der Waals surface area (Å²) < 4.78 is 11.0. The minimum Gasteiger partial charge on any atom is -0.491 e. The lowest BCUT2D eigenvalue weighted by Gasteiger charge is -2.24. The zero-order chi connectivity index (χ0) is 12.1. The molecule has 0 saturated heterocycles. The fourth-order valence-electron chi connectivity index (χ4n) is 2.34. The van der Waals surface area contributed by atoms with Crippen LogP contribution in [0, 0.1) is 0 Å². The molecular weight excluding hydrogens is 214 g/mol. The largest absolute Gasteiger partial charge is 0.491 e. The van der Waals surface area contributed by atoms with Crippen molar-refractivity contribution in [2.45, 2.75) is 32.2 Å². The van der Waals surface area contributed by atoms with Gasteiger partial charge in [-0.15, -0.1) is 0 Å². The topological polar surface area (TPSA) is 44.5 Å². The Kier molecular flexibility index (Phi) is 4.40. The SMILES string of the molecule is CCOCCOc1cccc2c1CCCC2N. The van der Waals surface area contributed by atoms with Gasteiger partial charge in [0.1, 0.15) is 12.4 Å². The zero-order valence-electron chi connectivity index (χ0n) is 10.4. The molecule has 1 aliphatic rings. The smallest absolute Gasteiger partial charge is 0.122 e. The van der Waals surface area contributed by atoms with E-state index in [2.05, 4.69) is 6.07 Å². The van der Waals surface area contributed by atoms with Crippen LogP contribution < -0.4 is 10.5 Å². The van der Waals surface area contributed by atoms with E-state index in [0.29, 0.717) is 13.2 Å². The molecule has 17 heavy (non-hydrogen) atoms. The third-order valence-corrected chi connectivity index (χ3v) is 3.20. The van der Waals surface area contributed by atoms with E-state index in [9.17, 15) is 0 Å². The molecule has 0 saturated carbocycles. The lowest BCUT2D eigenvalue weighted by molar-refractivity contribution is 0.109. The van der Waals surface area contributed by atoms with Gasteiger partial charge in [0, 0.05) is 12.6 Å². The summed E-state index contributed by atoms with van der Waals surface area (Å²) >= 11 is 0. The Morgan fingerprint density at radius 1 is 1.35 bits per heavy atom. The van der Waals surface area contributed by atoms with Crippen LogP contribution in [0.25, 0.3) is 0 Å². The molecule has 0 heterocycles. The highest BCUT2D eigenvalue weighted by atomic mass is 16.5. The molecule has 0 fully saturated rings. The predicted molar refractivity (Wildman–Crippen MR) is 68.3 cm³/mol. The zero-order valence-corrected chi connectivity index (χ0v) is 10.4. The molecule has 1 aromatic carbocycles. The Morgan fingerprint density at radius 3 is 3.06 bits per heavy atom. The van der Waals surface area contributed by atoms with Crippen molar-refractivity contribution in [2.24, 2.45) is 5.73 Å². The number of fused-ring (bicyclic) bond motifs is 1. The van der Waals surface area contributed by atoms with E-state index in [1.165, 1.54) is 11.1 Å². The molecule has 0 bridgehead atoms. The van der Waals surface area contributed by atoms with Crippen molar-refractivity contribution in [3.8, 4) is 5.75 Å². The van der Waals surface area contributed by atoms with Crippen LogP contribution in [0.1, 0.15) is 36.9 Å². The fraction of sp³-hybridized carbons (Fsp3) is 0.571. The molecule has 94 valence electrons. The van der Waals surface area contributed by atoms with Crippen LogP contribution in [0.15, 0.2) is 18.2 Å². The molecule has 2 N–H and O–H groups in total. The molecule has 1 unspecified atom stereocenters. The first kappa shape index (κ1) is 12.4. The van der Waals surface area contributed by atoms with Crippen molar-refractivity contribution < 1.29 is 9.47 Å². The van der Waals surface area contributed by atoms with E-state index in [1.807, 2.05) is 19.1 Å². The Morgan fingerprint density at radius 2 is 2.24 bits per heavy atom. The number of nitrogens with two attached hydrogens (primary N) is 1. The quantitative estimate of drug-likeness (QED) is 0.797. The maximum absolute atomic E-state index is 6.11. The van der Waals surface area contributed by atoms with Crippen molar-refractivity contribution in [1.29, 1.82) is 0 Å². The number of hydrogen-bond acceptors (Lipinski definition) is 3. The summed E-state index contributed by atoms with van der Waals surface area (Å²) in [6, 6.07) is 6.35. The van der Waals surface area contributed by atoms with Crippen molar-refractivity contribution >= 4 is 0 Å². The lowest BCUT2D eigenvalue weighted by Crippen LogP contribution is -2.18. The minimum atomic E-state index is 0.175. The first-order valence-corrected chi connectivity index (χ1v) is 6.41. The summed E-state index contributed by atoms with van der Waals surface area (Å²) in [5.41, 5.74) is 8.66. The van der Waals surface area contributed by atoms with Crippen LogP contribution in [0.3, 0.4) is 0 Å². The Bertz CT molecular complexity index is 365. The summed E-state index contributed by atoms with van der Waals surface area (Å²) in [6.07, 6.45) is 3.31. The van der Waals surface area contributed by atoms with E-state index in [-0.39, 0.29) is 6.04 Å². The van der Waals surface area contributed by atoms with Gasteiger partial charge in [-0.2, -0.15) is 0 Å². The highest BCUT2D eigenvalue weighted by molar-refractivity contribution is 5.43. The van der Waals surface area contributed by atoms with Crippen LogP contribution in [0.4, 0.5) is 0 Å². The number of hydrogen-bond donors (Lipinski definition) is 1. The first-order valence-electron chi connectivity index (χ1n) is 6.41. The van der Waals surface area contributed by atoms with Gasteiger partial charge in [0.05, 0.1) is 6.61 Å². The summed E-state index contributed by atoms with van der Waals surface area (Å²) in [7, 11) is 0. The minimum absolute atomic E-state index is 0.175. The van der Waals surface area contributed by atoms with Crippen LogP contribution >= 0.6 is 0 Å². The second-order valence-corrected chi connectivity index (χ2v) is 4.37. The molecule has 1 atom stereocenters. The third-order valence-electron chi connectivity index (χ3n) is 3.20. The molecule has 2 rings (SSSR count). The van der Waals surface area contributed by atoms with Crippen molar-refractivity contribution in [3.05, 3.63) is 29.3 Å². The van der Waals surface area contributed by atoms with Crippen LogP contribution in [0.5, 0.6) is 5.75 Å². The average molecular weight is 235 g/mol. The standard InChI is InChI=1S/C14H21NO2/c1-2-16-9-10-17-14-8-4-5-11-12(14)6-3-7-13(11)15/h4-5,8,13H,2-3,6-7,9-10,15H2,1H3. The van der Waals surface area contributed by atoms with Gasteiger partial charge in [-0.05, 0) is 43.4 Å². The molecule has 1 aliphatic carbocycles.